The van der Waals surface area contributed by atoms with Gasteiger partial charge in [0.1, 0.15) is 17.6 Å². The van der Waals surface area contributed by atoms with Gasteiger partial charge in [-0.15, -0.1) is 0 Å². The highest BCUT2D eigenvalue weighted by Crippen LogP contribution is 2.24. The molecule has 0 amide bonds. The highest BCUT2D eigenvalue weighted by molar-refractivity contribution is 5.66. The maximum atomic E-state index is 9.77. The van der Waals surface area contributed by atoms with E-state index in [4.69, 9.17) is 4.52 Å². The molecular weight excluding hydrogens is 330 g/mol. The summed E-state index contributed by atoms with van der Waals surface area (Å²) in [6.45, 7) is 4.04. The average molecular weight is 349 g/mol. The van der Waals surface area contributed by atoms with Gasteiger partial charge >= 0.3 is 0 Å². The molecule has 3 aromatic rings. The second kappa shape index (κ2) is 7.12. The molecule has 0 saturated carbocycles. The summed E-state index contributed by atoms with van der Waals surface area (Å²) in [7, 11) is 0. The molecule has 0 aromatic carbocycles. The van der Waals surface area contributed by atoms with Crippen molar-refractivity contribution in [2.75, 3.05) is 13.1 Å². The SMILES string of the molecule is CC(O)c1nccn1Cc1cc(-c2ccncc2C#CC2CNC2)on1. The molecule has 0 aliphatic carbocycles. The lowest BCUT2D eigenvalue weighted by Gasteiger charge is -2.21. The number of nitrogens with zero attached hydrogens (tertiary/aromatic N) is 4. The Morgan fingerprint density at radius 2 is 2.31 bits per heavy atom. The third-order valence-corrected chi connectivity index (χ3v) is 4.29. The van der Waals surface area contributed by atoms with Crippen LogP contribution in [0.25, 0.3) is 11.3 Å². The van der Waals surface area contributed by atoms with Gasteiger partial charge in [-0.05, 0) is 13.0 Å². The van der Waals surface area contributed by atoms with Gasteiger partial charge in [-0.3, -0.25) is 4.98 Å². The van der Waals surface area contributed by atoms with Crippen molar-refractivity contribution < 1.29 is 9.63 Å². The van der Waals surface area contributed by atoms with Gasteiger partial charge in [0, 0.05) is 55.4 Å². The van der Waals surface area contributed by atoms with Crippen molar-refractivity contribution in [1.82, 2.24) is 25.0 Å². The third-order valence-electron chi connectivity index (χ3n) is 4.29. The summed E-state index contributed by atoms with van der Waals surface area (Å²) in [6.07, 6.45) is 6.30. The Kier molecular flexibility index (Phi) is 4.52. The summed E-state index contributed by atoms with van der Waals surface area (Å²) in [5.74, 6) is 8.10. The minimum atomic E-state index is -0.639. The van der Waals surface area contributed by atoms with E-state index in [0.29, 0.717) is 24.0 Å². The molecule has 4 rings (SSSR count). The number of imidazole rings is 1. The second-order valence-corrected chi connectivity index (χ2v) is 6.32. The fourth-order valence-corrected chi connectivity index (χ4v) is 2.79. The van der Waals surface area contributed by atoms with E-state index in [9.17, 15) is 5.11 Å². The Labute approximate surface area is 151 Å². The Balaban J connectivity index is 1.58. The Bertz CT molecular complexity index is 959. The molecule has 0 bridgehead atoms. The molecule has 132 valence electrons. The van der Waals surface area contributed by atoms with Crippen molar-refractivity contribution in [3.63, 3.8) is 0 Å². The Morgan fingerprint density at radius 1 is 1.42 bits per heavy atom. The predicted molar refractivity (Wildman–Crippen MR) is 94.9 cm³/mol. The molecule has 1 aliphatic heterocycles. The molecule has 0 spiro atoms. The van der Waals surface area contributed by atoms with Crippen molar-refractivity contribution in [1.29, 1.82) is 0 Å². The normalized spacial score (nSPS) is 15.2. The second-order valence-electron chi connectivity index (χ2n) is 6.32. The molecule has 0 radical (unpaired) electrons. The van der Waals surface area contributed by atoms with E-state index in [0.717, 1.165) is 29.9 Å². The summed E-state index contributed by atoms with van der Waals surface area (Å²) < 4.78 is 7.38. The zero-order valence-corrected chi connectivity index (χ0v) is 14.4. The van der Waals surface area contributed by atoms with Crippen LogP contribution in [0.2, 0.25) is 0 Å². The maximum absolute atomic E-state index is 9.77. The number of hydrogen-bond acceptors (Lipinski definition) is 6. The first kappa shape index (κ1) is 16.5. The van der Waals surface area contributed by atoms with E-state index >= 15 is 0 Å². The molecule has 1 fully saturated rings. The monoisotopic (exact) mass is 349 g/mol. The lowest BCUT2D eigenvalue weighted by atomic mass is 10.0. The molecule has 3 aromatic heterocycles. The highest BCUT2D eigenvalue weighted by atomic mass is 16.5. The molecule has 7 heteroatoms. The van der Waals surface area contributed by atoms with Gasteiger partial charge < -0.3 is 19.5 Å². The van der Waals surface area contributed by atoms with Crippen molar-refractivity contribution in [3.05, 3.63) is 54.0 Å². The number of aliphatic hydroxyl groups excluding tert-OH is 1. The number of rotatable bonds is 4. The van der Waals surface area contributed by atoms with Gasteiger partial charge in [0.15, 0.2) is 5.76 Å². The summed E-state index contributed by atoms with van der Waals surface area (Å²) >= 11 is 0. The average Bonchev–Trinajstić information content (AvgIpc) is 3.24. The van der Waals surface area contributed by atoms with Crippen LogP contribution >= 0.6 is 0 Å². The zero-order chi connectivity index (χ0) is 17.9. The van der Waals surface area contributed by atoms with Crippen LogP contribution in [-0.4, -0.2) is 37.9 Å². The summed E-state index contributed by atoms with van der Waals surface area (Å²) in [6, 6.07) is 3.77. The van der Waals surface area contributed by atoms with Gasteiger partial charge in [0.2, 0.25) is 0 Å². The van der Waals surface area contributed by atoms with Crippen molar-refractivity contribution >= 4 is 0 Å². The van der Waals surface area contributed by atoms with Crippen LogP contribution in [0.4, 0.5) is 0 Å². The third kappa shape index (κ3) is 3.38. The lowest BCUT2D eigenvalue weighted by molar-refractivity contribution is 0.184. The van der Waals surface area contributed by atoms with E-state index in [2.05, 4.69) is 32.3 Å². The minimum absolute atomic E-state index is 0.397. The summed E-state index contributed by atoms with van der Waals surface area (Å²) in [4.78, 5) is 8.34. The van der Waals surface area contributed by atoms with Crippen LogP contribution < -0.4 is 5.32 Å². The smallest absolute Gasteiger partial charge is 0.168 e. The highest BCUT2D eigenvalue weighted by Gasteiger charge is 2.15. The van der Waals surface area contributed by atoms with Gasteiger partial charge in [0.05, 0.1) is 12.1 Å². The van der Waals surface area contributed by atoms with Crippen molar-refractivity contribution in [2.24, 2.45) is 5.92 Å². The summed E-state index contributed by atoms with van der Waals surface area (Å²) in [5.41, 5.74) is 2.45. The standard InChI is InChI=1S/C19H19N5O2/c1-13(25)19-22-6-7-24(19)12-16-8-18(26-23-16)17-4-5-20-11-15(17)3-2-14-9-21-10-14/h4-8,11,13-14,21,25H,9-10,12H2,1H3. The molecule has 4 heterocycles. The van der Waals surface area contributed by atoms with E-state index < -0.39 is 6.10 Å². The van der Waals surface area contributed by atoms with Crippen LogP contribution in [0.5, 0.6) is 0 Å². The van der Waals surface area contributed by atoms with Crippen molar-refractivity contribution in [3.8, 4) is 23.2 Å². The Morgan fingerprint density at radius 3 is 3.08 bits per heavy atom. The van der Waals surface area contributed by atoms with Gasteiger partial charge in [-0.1, -0.05) is 17.0 Å². The molecule has 1 atom stereocenters. The fourth-order valence-electron chi connectivity index (χ4n) is 2.79. The largest absolute Gasteiger partial charge is 0.385 e. The first-order valence-electron chi connectivity index (χ1n) is 8.52. The predicted octanol–water partition coefficient (Wildman–Crippen LogP) is 1.61. The lowest BCUT2D eigenvalue weighted by Crippen LogP contribution is -2.40. The number of pyridine rings is 1. The van der Waals surface area contributed by atoms with E-state index in [1.807, 2.05) is 22.9 Å². The molecule has 1 saturated heterocycles. The molecule has 7 nitrogen and oxygen atoms in total. The van der Waals surface area contributed by atoms with E-state index in [-0.39, 0.29) is 0 Å². The fraction of sp³-hybridized carbons (Fsp3) is 0.316. The van der Waals surface area contributed by atoms with Gasteiger partial charge in [-0.2, -0.15) is 0 Å². The van der Waals surface area contributed by atoms with Crippen LogP contribution in [-0.2, 0) is 6.54 Å². The minimum Gasteiger partial charge on any atom is -0.385 e. The molecule has 1 unspecified atom stereocenters. The summed E-state index contributed by atoms with van der Waals surface area (Å²) in [5, 5.41) is 17.1. The molecule has 2 N–H and O–H groups in total. The number of aliphatic hydroxyl groups is 1. The molecular formula is C19H19N5O2. The van der Waals surface area contributed by atoms with Crippen LogP contribution in [0.1, 0.15) is 30.1 Å². The van der Waals surface area contributed by atoms with Crippen LogP contribution in [0, 0.1) is 17.8 Å². The maximum Gasteiger partial charge on any atom is 0.168 e. The first-order chi connectivity index (χ1) is 12.7. The van der Waals surface area contributed by atoms with E-state index in [1.165, 1.54) is 0 Å². The van der Waals surface area contributed by atoms with E-state index in [1.54, 1.807) is 25.5 Å². The van der Waals surface area contributed by atoms with Crippen LogP contribution in [0.3, 0.4) is 0 Å². The quantitative estimate of drug-likeness (QED) is 0.696. The number of hydrogen-bond donors (Lipinski definition) is 2. The number of nitrogens with one attached hydrogen (secondary N) is 1. The Hall–Kier alpha value is -2.95. The van der Waals surface area contributed by atoms with Crippen LogP contribution in [0.15, 0.2) is 41.4 Å². The first-order valence-corrected chi connectivity index (χ1v) is 8.52. The molecule has 26 heavy (non-hydrogen) atoms. The van der Waals surface area contributed by atoms with Crippen molar-refractivity contribution in [2.45, 2.75) is 19.6 Å². The zero-order valence-electron chi connectivity index (χ0n) is 14.4. The number of aromatic nitrogens is 4. The van der Waals surface area contributed by atoms with Gasteiger partial charge in [0.25, 0.3) is 0 Å². The molecule has 1 aliphatic rings. The van der Waals surface area contributed by atoms with Gasteiger partial charge in [-0.25, -0.2) is 4.98 Å². The topological polar surface area (TPSA) is 89.0 Å².